The van der Waals surface area contributed by atoms with Crippen LogP contribution in [0, 0.1) is 11.8 Å². The fourth-order valence-electron chi connectivity index (χ4n) is 6.37. The van der Waals surface area contributed by atoms with Gasteiger partial charge in [0.15, 0.2) is 0 Å². The van der Waals surface area contributed by atoms with E-state index in [4.69, 9.17) is 18.9 Å². The lowest BCUT2D eigenvalue weighted by molar-refractivity contribution is -0.304. The van der Waals surface area contributed by atoms with Crippen LogP contribution in [0.15, 0.2) is 0 Å². The number of rotatable bonds is 6. The van der Waals surface area contributed by atoms with Gasteiger partial charge in [-0.2, -0.15) is 0 Å². The second-order valence-corrected chi connectivity index (χ2v) is 11.0. The minimum atomic E-state index is -0.201. The number of hydrogen-bond donors (Lipinski definition) is 0. The summed E-state index contributed by atoms with van der Waals surface area (Å²) in [7, 11) is 0. The molecule has 2 saturated carbocycles. The molecule has 160 valence electrons. The molecule has 0 radical (unpaired) electrons. The van der Waals surface area contributed by atoms with E-state index in [1.165, 1.54) is 51.4 Å². The molecule has 4 heteroatoms. The van der Waals surface area contributed by atoms with Crippen molar-refractivity contribution >= 4 is 0 Å². The molecule has 5 aliphatic rings. The summed E-state index contributed by atoms with van der Waals surface area (Å²) < 4.78 is 24.9. The summed E-state index contributed by atoms with van der Waals surface area (Å²) in [5.41, 5.74) is -0.402. The normalized spacial score (nSPS) is 55.3. The Kier molecular flexibility index (Phi) is 5.10. The van der Waals surface area contributed by atoms with Crippen LogP contribution >= 0.6 is 0 Å². The van der Waals surface area contributed by atoms with E-state index in [9.17, 15) is 0 Å². The van der Waals surface area contributed by atoms with Gasteiger partial charge in [-0.25, -0.2) is 0 Å². The second kappa shape index (κ2) is 7.21. The van der Waals surface area contributed by atoms with E-state index in [0.717, 1.165) is 24.7 Å². The molecular formula is C24H40O4. The van der Waals surface area contributed by atoms with Gasteiger partial charge in [-0.15, -0.1) is 0 Å². The van der Waals surface area contributed by atoms with Crippen molar-refractivity contribution < 1.29 is 18.9 Å². The van der Waals surface area contributed by atoms with Crippen LogP contribution in [-0.4, -0.2) is 47.8 Å². The Labute approximate surface area is 171 Å². The second-order valence-electron chi connectivity index (χ2n) is 11.0. The summed E-state index contributed by atoms with van der Waals surface area (Å²) in [6, 6.07) is 0. The van der Waals surface area contributed by atoms with Gasteiger partial charge >= 0.3 is 0 Å². The van der Waals surface area contributed by atoms with E-state index in [1.807, 2.05) is 0 Å². The molecule has 4 nitrogen and oxygen atoms in total. The Morgan fingerprint density at radius 2 is 1.07 bits per heavy atom. The highest BCUT2D eigenvalue weighted by molar-refractivity contribution is 5.03. The van der Waals surface area contributed by atoms with Crippen LogP contribution in [-0.2, 0) is 18.9 Å². The smallest absolute Gasteiger partial charge is 0.0945 e. The molecule has 28 heavy (non-hydrogen) atoms. The molecule has 3 aliphatic heterocycles. The van der Waals surface area contributed by atoms with Gasteiger partial charge in [0.2, 0.25) is 0 Å². The van der Waals surface area contributed by atoms with E-state index in [1.54, 1.807) is 0 Å². The SMILES string of the molecule is CC1OC(C)(CCC2CCC3OC3C2)C(C)(CCC2CCC3OC3C2)OC1C. The first-order chi connectivity index (χ1) is 13.4. The van der Waals surface area contributed by atoms with Gasteiger partial charge in [-0.05, 0) is 104 Å². The van der Waals surface area contributed by atoms with Crippen molar-refractivity contribution in [3.8, 4) is 0 Å². The van der Waals surface area contributed by atoms with Crippen molar-refractivity contribution in [1.29, 1.82) is 0 Å². The molecule has 3 saturated heterocycles. The third kappa shape index (κ3) is 3.79. The third-order valence-electron chi connectivity index (χ3n) is 8.96. The molecule has 0 N–H and O–H groups in total. The Balaban J connectivity index is 1.22. The maximum absolute atomic E-state index is 6.72. The summed E-state index contributed by atoms with van der Waals surface area (Å²) >= 11 is 0. The van der Waals surface area contributed by atoms with Crippen LogP contribution in [0.25, 0.3) is 0 Å². The fourth-order valence-corrected chi connectivity index (χ4v) is 6.37. The quantitative estimate of drug-likeness (QED) is 0.595. The van der Waals surface area contributed by atoms with Crippen molar-refractivity contribution in [2.45, 2.75) is 140 Å². The molecule has 3 heterocycles. The van der Waals surface area contributed by atoms with Gasteiger partial charge < -0.3 is 18.9 Å². The molecule has 0 amide bonds. The third-order valence-corrected chi connectivity index (χ3v) is 8.96. The topological polar surface area (TPSA) is 43.5 Å². The average molecular weight is 393 g/mol. The molecule has 0 aromatic rings. The van der Waals surface area contributed by atoms with E-state index in [2.05, 4.69) is 27.7 Å². The van der Waals surface area contributed by atoms with E-state index in [-0.39, 0.29) is 23.4 Å². The van der Waals surface area contributed by atoms with Crippen LogP contribution in [0.4, 0.5) is 0 Å². The molecule has 2 aliphatic carbocycles. The lowest BCUT2D eigenvalue weighted by Gasteiger charge is -2.54. The molecule has 0 aromatic heterocycles. The number of fused-ring (bicyclic) bond motifs is 2. The highest BCUT2D eigenvalue weighted by Gasteiger charge is 2.53. The Bertz CT molecular complexity index is 531. The van der Waals surface area contributed by atoms with Gasteiger partial charge in [0.1, 0.15) is 0 Å². The van der Waals surface area contributed by atoms with Gasteiger partial charge in [-0.1, -0.05) is 0 Å². The van der Waals surface area contributed by atoms with E-state index >= 15 is 0 Å². The first-order valence-electron chi connectivity index (χ1n) is 12.0. The molecule has 5 fully saturated rings. The maximum atomic E-state index is 6.72. The van der Waals surface area contributed by atoms with Crippen molar-refractivity contribution in [3.63, 3.8) is 0 Å². The molecule has 10 unspecified atom stereocenters. The van der Waals surface area contributed by atoms with Crippen molar-refractivity contribution in [2.75, 3.05) is 0 Å². The van der Waals surface area contributed by atoms with Crippen LogP contribution in [0.2, 0.25) is 0 Å². The Hall–Kier alpha value is -0.160. The molecule has 0 spiro atoms. The van der Waals surface area contributed by atoms with Crippen LogP contribution in [0.5, 0.6) is 0 Å². The predicted octanol–water partition coefficient (Wildman–Crippen LogP) is 5.02. The largest absolute Gasteiger partial charge is 0.370 e. The van der Waals surface area contributed by atoms with Crippen LogP contribution in [0.3, 0.4) is 0 Å². The highest BCUT2D eigenvalue weighted by atomic mass is 16.6. The van der Waals surface area contributed by atoms with Crippen molar-refractivity contribution in [3.05, 3.63) is 0 Å². The predicted molar refractivity (Wildman–Crippen MR) is 108 cm³/mol. The number of ether oxygens (including phenoxy) is 4. The van der Waals surface area contributed by atoms with Crippen molar-refractivity contribution in [1.82, 2.24) is 0 Å². The fraction of sp³-hybridized carbons (Fsp3) is 1.00. The average Bonchev–Trinajstić information content (AvgIpc) is 3.57. The highest BCUT2D eigenvalue weighted by Crippen LogP contribution is 2.48. The lowest BCUT2D eigenvalue weighted by atomic mass is 9.72. The minimum Gasteiger partial charge on any atom is -0.370 e. The molecule has 10 atom stereocenters. The summed E-state index contributed by atoms with van der Waals surface area (Å²) in [4.78, 5) is 0. The van der Waals surface area contributed by atoms with E-state index < -0.39 is 0 Å². The number of hydrogen-bond acceptors (Lipinski definition) is 4. The zero-order valence-corrected chi connectivity index (χ0v) is 18.3. The van der Waals surface area contributed by atoms with Crippen LogP contribution in [0.1, 0.15) is 91.9 Å². The lowest BCUT2D eigenvalue weighted by Crippen LogP contribution is -2.62. The number of epoxide rings is 2. The van der Waals surface area contributed by atoms with Gasteiger partial charge in [0.05, 0.1) is 47.8 Å². The van der Waals surface area contributed by atoms with Gasteiger partial charge in [0.25, 0.3) is 0 Å². The first-order valence-corrected chi connectivity index (χ1v) is 12.0. The monoisotopic (exact) mass is 392 g/mol. The zero-order valence-electron chi connectivity index (χ0n) is 18.3. The minimum absolute atomic E-state index is 0.163. The molecule has 0 aromatic carbocycles. The summed E-state index contributed by atoms with van der Waals surface area (Å²) in [6.07, 6.45) is 15.0. The Morgan fingerprint density at radius 3 is 1.46 bits per heavy atom. The standard InChI is InChI=1S/C24H40O4/c1-15-16(2)28-24(4,12-10-18-6-8-20-22(14-18)26-20)23(3,27-15)11-9-17-5-7-19-21(13-17)25-19/h15-22H,5-14H2,1-4H3. The van der Waals surface area contributed by atoms with Crippen molar-refractivity contribution in [2.24, 2.45) is 11.8 Å². The van der Waals surface area contributed by atoms with Crippen LogP contribution < -0.4 is 0 Å². The molecule has 5 rings (SSSR count). The zero-order chi connectivity index (χ0) is 19.5. The Morgan fingerprint density at radius 1 is 0.643 bits per heavy atom. The van der Waals surface area contributed by atoms with E-state index in [0.29, 0.717) is 24.4 Å². The molecule has 0 bridgehead atoms. The van der Waals surface area contributed by atoms with Gasteiger partial charge in [0, 0.05) is 0 Å². The first kappa shape index (κ1) is 19.8. The summed E-state index contributed by atoms with van der Waals surface area (Å²) in [5, 5.41) is 0. The van der Waals surface area contributed by atoms with Gasteiger partial charge in [-0.3, -0.25) is 0 Å². The molecular weight excluding hydrogens is 352 g/mol. The summed E-state index contributed by atoms with van der Waals surface area (Å²) in [5.74, 6) is 1.59. The maximum Gasteiger partial charge on any atom is 0.0945 e. The summed E-state index contributed by atoms with van der Waals surface area (Å²) in [6.45, 7) is 9.01.